The molecule has 1 amide bonds. The Morgan fingerprint density at radius 1 is 1.08 bits per heavy atom. The molecule has 7 heteroatoms. The Morgan fingerprint density at radius 2 is 1.77 bits per heavy atom. The number of aromatic amines is 1. The molecule has 0 radical (unpaired) electrons. The molecule has 0 saturated heterocycles. The standard InChI is InChI=1S/C19H21N3O3S/c1-22(2)26(24,25)16-10-8-15(9-11-16)21-19(23)12-7-14-13-20-18-6-4-3-5-17(14)18/h3-6,8-11,13,20H,7,12H2,1-2H3,(H,21,23). The van der Waals surface area contributed by atoms with Gasteiger partial charge in [0.05, 0.1) is 4.90 Å². The maximum Gasteiger partial charge on any atom is 0.242 e. The van der Waals surface area contributed by atoms with E-state index in [9.17, 15) is 13.2 Å². The average molecular weight is 371 g/mol. The lowest BCUT2D eigenvalue weighted by Gasteiger charge is -2.12. The summed E-state index contributed by atoms with van der Waals surface area (Å²) in [5.41, 5.74) is 2.73. The van der Waals surface area contributed by atoms with Crippen LogP contribution in [-0.4, -0.2) is 37.7 Å². The van der Waals surface area contributed by atoms with Gasteiger partial charge >= 0.3 is 0 Å². The van der Waals surface area contributed by atoms with E-state index in [1.165, 1.54) is 26.2 Å². The summed E-state index contributed by atoms with van der Waals surface area (Å²) in [4.78, 5) is 15.6. The number of hydrogen-bond donors (Lipinski definition) is 2. The summed E-state index contributed by atoms with van der Waals surface area (Å²) >= 11 is 0. The van der Waals surface area contributed by atoms with Gasteiger partial charge in [-0.3, -0.25) is 4.79 Å². The third-order valence-electron chi connectivity index (χ3n) is 4.21. The Kier molecular flexibility index (Phi) is 5.11. The van der Waals surface area contributed by atoms with Gasteiger partial charge in [0.2, 0.25) is 15.9 Å². The molecule has 3 aromatic rings. The SMILES string of the molecule is CN(C)S(=O)(=O)c1ccc(NC(=O)CCc2c[nH]c3ccccc23)cc1. The molecule has 2 N–H and O–H groups in total. The molecule has 136 valence electrons. The molecule has 6 nitrogen and oxygen atoms in total. The highest BCUT2D eigenvalue weighted by Gasteiger charge is 2.16. The second-order valence-corrected chi connectivity index (χ2v) is 8.37. The highest BCUT2D eigenvalue weighted by molar-refractivity contribution is 7.89. The van der Waals surface area contributed by atoms with E-state index >= 15 is 0 Å². The lowest BCUT2D eigenvalue weighted by Crippen LogP contribution is -2.22. The minimum absolute atomic E-state index is 0.113. The van der Waals surface area contributed by atoms with Crippen molar-refractivity contribution in [3.8, 4) is 0 Å². The Balaban J connectivity index is 1.62. The van der Waals surface area contributed by atoms with E-state index in [-0.39, 0.29) is 10.8 Å². The predicted octanol–water partition coefficient (Wildman–Crippen LogP) is 2.99. The van der Waals surface area contributed by atoms with Crippen LogP contribution in [0.1, 0.15) is 12.0 Å². The van der Waals surface area contributed by atoms with Crippen LogP contribution in [0.5, 0.6) is 0 Å². The van der Waals surface area contributed by atoms with Gasteiger partial charge in [-0.1, -0.05) is 18.2 Å². The minimum Gasteiger partial charge on any atom is -0.361 e. The number of aromatic nitrogens is 1. The van der Waals surface area contributed by atoms with Crippen molar-refractivity contribution in [2.45, 2.75) is 17.7 Å². The second kappa shape index (κ2) is 7.31. The first-order valence-corrected chi connectivity index (χ1v) is 9.69. The highest BCUT2D eigenvalue weighted by atomic mass is 32.2. The smallest absolute Gasteiger partial charge is 0.242 e. The van der Waals surface area contributed by atoms with Crippen LogP contribution in [0.2, 0.25) is 0 Å². The number of amides is 1. The molecule has 26 heavy (non-hydrogen) atoms. The molecule has 0 bridgehead atoms. The first-order chi connectivity index (χ1) is 12.4. The Bertz CT molecular complexity index is 1020. The van der Waals surface area contributed by atoms with Crippen LogP contribution in [-0.2, 0) is 21.2 Å². The Hall–Kier alpha value is -2.64. The van der Waals surface area contributed by atoms with Crippen molar-refractivity contribution < 1.29 is 13.2 Å². The zero-order valence-electron chi connectivity index (χ0n) is 14.7. The maximum absolute atomic E-state index is 12.2. The van der Waals surface area contributed by atoms with Crippen LogP contribution in [0.4, 0.5) is 5.69 Å². The van der Waals surface area contributed by atoms with E-state index in [0.29, 0.717) is 18.5 Å². The fourth-order valence-electron chi connectivity index (χ4n) is 2.73. The molecule has 0 spiro atoms. The van der Waals surface area contributed by atoms with Crippen LogP contribution in [0.3, 0.4) is 0 Å². The molecule has 0 saturated carbocycles. The summed E-state index contributed by atoms with van der Waals surface area (Å²) < 4.78 is 25.2. The summed E-state index contributed by atoms with van der Waals surface area (Å²) in [5.74, 6) is -0.113. The van der Waals surface area contributed by atoms with E-state index in [2.05, 4.69) is 10.3 Å². The zero-order chi connectivity index (χ0) is 18.7. The molecular formula is C19H21N3O3S. The number of anilines is 1. The van der Waals surface area contributed by atoms with Crippen LogP contribution < -0.4 is 5.32 Å². The second-order valence-electron chi connectivity index (χ2n) is 6.22. The van der Waals surface area contributed by atoms with Crippen LogP contribution in [0.25, 0.3) is 10.9 Å². The molecule has 0 aliphatic rings. The number of benzene rings is 2. The number of nitrogens with zero attached hydrogens (tertiary/aromatic N) is 1. The summed E-state index contributed by atoms with van der Waals surface area (Å²) in [6.45, 7) is 0. The molecule has 1 heterocycles. The Morgan fingerprint density at radius 3 is 2.46 bits per heavy atom. The van der Waals surface area contributed by atoms with Crippen molar-refractivity contribution in [3.63, 3.8) is 0 Å². The number of rotatable bonds is 6. The largest absolute Gasteiger partial charge is 0.361 e. The predicted molar refractivity (Wildman–Crippen MR) is 103 cm³/mol. The number of sulfonamides is 1. The van der Waals surface area contributed by atoms with Crippen LogP contribution >= 0.6 is 0 Å². The van der Waals surface area contributed by atoms with Gasteiger partial charge in [0, 0.05) is 43.3 Å². The van der Waals surface area contributed by atoms with Crippen molar-refractivity contribution in [2.75, 3.05) is 19.4 Å². The van der Waals surface area contributed by atoms with E-state index in [1.807, 2.05) is 30.5 Å². The highest BCUT2D eigenvalue weighted by Crippen LogP contribution is 2.20. The average Bonchev–Trinajstić information content (AvgIpc) is 3.03. The first kappa shape index (κ1) is 18.2. The lowest BCUT2D eigenvalue weighted by atomic mass is 10.1. The van der Waals surface area contributed by atoms with Crippen molar-refractivity contribution in [3.05, 3.63) is 60.3 Å². The van der Waals surface area contributed by atoms with Gasteiger partial charge in [-0.05, 0) is 42.3 Å². The third kappa shape index (κ3) is 3.79. The fraction of sp³-hybridized carbons (Fsp3) is 0.211. The van der Waals surface area contributed by atoms with Gasteiger partial charge < -0.3 is 10.3 Å². The van der Waals surface area contributed by atoms with Crippen LogP contribution in [0.15, 0.2) is 59.6 Å². The number of hydrogen-bond acceptors (Lipinski definition) is 3. The maximum atomic E-state index is 12.2. The molecule has 0 aliphatic heterocycles. The molecule has 0 fully saturated rings. The van der Waals surface area contributed by atoms with E-state index < -0.39 is 10.0 Å². The zero-order valence-corrected chi connectivity index (χ0v) is 15.5. The summed E-state index contributed by atoms with van der Waals surface area (Å²) in [7, 11) is -0.502. The lowest BCUT2D eigenvalue weighted by molar-refractivity contribution is -0.116. The number of para-hydroxylation sites is 1. The van der Waals surface area contributed by atoms with Gasteiger partial charge in [-0.2, -0.15) is 0 Å². The van der Waals surface area contributed by atoms with Crippen molar-refractivity contribution in [2.24, 2.45) is 0 Å². The minimum atomic E-state index is -3.47. The van der Waals surface area contributed by atoms with Crippen molar-refractivity contribution >= 4 is 32.5 Å². The summed E-state index contributed by atoms with van der Waals surface area (Å²) in [6.07, 6.45) is 2.90. The molecule has 0 unspecified atom stereocenters. The van der Waals surface area contributed by atoms with Crippen molar-refractivity contribution in [1.29, 1.82) is 0 Å². The molecule has 1 aromatic heterocycles. The molecular weight excluding hydrogens is 350 g/mol. The number of H-pyrrole nitrogens is 1. The van der Waals surface area contributed by atoms with Gasteiger partial charge in [0.25, 0.3) is 0 Å². The number of fused-ring (bicyclic) bond motifs is 1. The first-order valence-electron chi connectivity index (χ1n) is 8.25. The third-order valence-corrected chi connectivity index (χ3v) is 6.04. The summed E-state index contributed by atoms with van der Waals surface area (Å²) in [6, 6.07) is 14.2. The fourth-order valence-corrected chi connectivity index (χ4v) is 3.63. The summed E-state index contributed by atoms with van der Waals surface area (Å²) in [5, 5.41) is 3.93. The molecule has 3 rings (SSSR count). The molecule has 2 aromatic carbocycles. The number of carbonyl (C=O) groups is 1. The normalized spacial score (nSPS) is 11.8. The van der Waals surface area contributed by atoms with E-state index in [1.54, 1.807) is 12.1 Å². The number of aryl methyl sites for hydroxylation is 1. The van der Waals surface area contributed by atoms with Gasteiger partial charge in [-0.15, -0.1) is 0 Å². The number of carbonyl (C=O) groups excluding carboxylic acids is 1. The van der Waals surface area contributed by atoms with E-state index in [0.717, 1.165) is 20.8 Å². The van der Waals surface area contributed by atoms with E-state index in [4.69, 9.17) is 0 Å². The van der Waals surface area contributed by atoms with Gasteiger partial charge in [0.15, 0.2) is 0 Å². The quantitative estimate of drug-likeness (QED) is 0.699. The molecule has 0 aliphatic carbocycles. The Labute approximate surface area is 152 Å². The number of nitrogens with one attached hydrogen (secondary N) is 2. The van der Waals surface area contributed by atoms with Gasteiger partial charge in [0.1, 0.15) is 0 Å². The van der Waals surface area contributed by atoms with Crippen molar-refractivity contribution in [1.82, 2.24) is 9.29 Å². The van der Waals surface area contributed by atoms with Gasteiger partial charge in [-0.25, -0.2) is 12.7 Å². The van der Waals surface area contributed by atoms with Crippen LogP contribution in [0, 0.1) is 0 Å². The molecule has 0 atom stereocenters. The topological polar surface area (TPSA) is 82.3 Å². The monoisotopic (exact) mass is 371 g/mol.